The predicted octanol–water partition coefficient (Wildman–Crippen LogP) is 8.26. The van der Waals surface area contributed by atoms with Gasteiger partial charge in [-0.05, 0) is 51.4 Å². The van der Waals surface area contributed by atoms with E-state index in [0.717, 1.165) is 70.6 Å². The summed E-state index contributed by atoms with van der Waals surface area (Å²) >= 11 is 0. The minimum absolute atomic E-state index is 0.175. The van der Waals surface area contributed by atoms with Crippen molar-refractivity contribution in [1.82, 2.24) is 0 Å². The molecule has 0 bridgehead atoms. The van der Waals surface area contributed by atoms with Gasteiger partial charge in [-0.1, -0.05) is 107 Å². The Morgan fingerprint density at radius 1 is 0.646 bits per heavy atom. The lowest BCUT2D eigenvalue weighted by Crippen LogP contribution is -2.40. The van der Waals surface area contributed by atoms with E-state index < -0.39 is 24.3 Å². The molecule has 0 saturated heterocycles. The number of ether oxygens (including phenoxy) is 4. The largest absolute Gasteiger partial charge is 0.477 e. The fourth-order valence-corrected chi connectivity index (χ4v) is 4.22. The summed E-state index contributed by atoms with van der Waals surface area (Å²) < 4.78 is 22.4. The normalized spacial score (nSPS) is 13.8. The fourth-order valence-electron chi connectivity index (χ4n) is 4.22. The van der Waals surface area contributed by atoms with Gasteiger partial charge in [0.05, 0.1) is 34.4 Å². The van der Waals surface area contributed by atoms with E-state index in [2.05, 4.69) is 68.5 Å². The van der Waals surface area contributed by atoms with Crippen molar-refractivity contribution in [3.63, 3.8) is 0 Å². The maximum Gasteiger partial charge on any atom is 0.361 e. The molecule has 0 aromatic carbocycles. The third-order valence-corrected chi connectivity index (χ3v) is 7.04. The molecule has 48 heavy (non-hydrogen) atoms. The maximum atomic E-state index is 12.6. The number of carbonyl (C=O) groups is 3. The van der Waals surface area contributed by atoms with E-state index in [1.54, 1.807) is 0 Å². The van der Waals surface area contributed by atoms with E-state index in [1.165, 1.54) is 6.42 Å². The van der Waals surface area contributed by atoms with Crippen molar-refractivity contribution < 1.29 is 42.9 Å². The van der Waals surface area contributed by atoms with Crippen molar-refractivity contribution in [2.24, 2.45) is 0 Å². The number of likely N-dealkylation sites (N-methyl/N-ethyl adjacent to an activating group) is 1. The quantitative estimate of drug-likeness (QED) is 0.0257. The van der Waals surface area contributed by atoms with Crippen LogP contribution in [0.3, 0.4) is 0 Å². The third kappa shape index (κ3) is 31.6. The van der Waals surface area contributed by atoms with Crippen LogP contribution in [0.15, 0.2) is 60.8 Å². The first-order valence-electron chi connectivity index (χ1n) is 18.0. The topological polar surface area (TPSA) is 108 Å². The Hall–Kier alpha value is -3.01. The van der Waals surface area contributed by atoms with Crippen molar-refractivity contribution in [2.75, 3.05) is 47.5 Å². The lowest BCUT2D eigenvalue weighted by atomic mass is 10.1. The van der Waals surface area contributed by atoms with Gasteiger partial charge in [0, 0.05) is 12.8 Å². The lowest BCUT2D eigenvalue weighted by molar-refractivity contribution is -0.870. The molecule has 0 heterocycles. The van der Waals surface area contributed by atoms with E-state index >= 15 is 0 Å². The van der Waals surface area contributed by atoms with Gasteiger partial charge in [-0.3, -0.25) is 9.59 Å². The van der Waals surface area contributed by atoms with Gasteiger partial charge in [-0.15, -0.1) is 0 Å². The van der Waals surface area contributed by atoms with Crippen molar-refractivity contribution in [1.29, 1.82) is 0 Å². The highest BCUT2D eigenvalue weighted by Gasteiger charge is 2.25. The van der Waals surface area contributed by atoms with Crippen LogP contribution in [0.25, 0.3) is 0 Å². The molecule has 274 valence electrons. The van der Waals surface area contributed by atoms with Crippen molar-refractivity contribution in [3.8, 4) is 0 Å². The SMILES string of the molecule is CC/C=C\C/C=C\C/C=C\C/C=C\C/C=C\CCCC(=O)OC(COC(=O)CCCCCCCC)COC(OCC[N+](C)(C)C)C(=O)O. The molecule has 2 atom stereocenters. The number of allylic oxidation sites excluding steroid dienone is 10. The second-order valence-corrected chi connectivity index (χ2v) is 12.8. The smallest absolute Gasteiger partial charge is 0.361 e. The Bertz CT molecular complexity index is 977. The van der Waals surface area contributed by atoms with Gasteiger partial charge in [0.1, 0.15) is 13.2 Å². The monoisotopic (exact) mass is 676 g/mol. The molecule has 0 aromatic rings. The Morgan fingerprint density at radius 3 is 1.75 bits per heavy atom. The van der Waals surface area contributed by atoms with Gasteiger partial charge in [0.15, 0.2) is 6.10 Å². The zero-order valence-electron chi connectivity index (χ0n) is 30.6. The van der Waals surface area contributed by atoms with Crippen LogP contribution < -0.4 is 0 Å². The van der Waals surface area contributed by atoms with E-state index in [4.69, 9.17) is 18.9 Å². The summed E-state index contributed by atoms with van der Waals surface area (Å²) in [5.74, 6) is -2.11. The molecule has 0 amide bonds. The summed E-state index contributed by atoms with van der Waals surface area (Å²) in [7, 11) is 5.91. The Labute approximate surface area is 291 Å². The molecule has 0 spiro atoms. The highest BCUT2D eigenvalue weighted by Crippen LogP contribution is 2.10. The molecule has 0 saturated carbocycles. The van der Waals surface area contributed by atoms with Gasteiger partial charge in [0.2, 0.25) is 0 Å². The summed E-state index contributed by atoms with van der Waals surface area (Å²) in [4.78, 5) is 36.6. The van der Waals surface area contributed by atoms with Crippen molar-refractivity contribution >= 4 is 17.9 Å². The van der Waals surface area contributed by atoms with E-state index in [1.807, 2.05) is 27.2 Å². The molecule has 0 aliphatic carbocycles. The number of nitrogens with zero attached hydrogens (tertiary/aromatic N) is 1. The van der Waals surface area contributed by atoms with Crippen LogP contribution in [0.1, 0.15) is 110 Å². The molecule has 0 rings (SSSR count). The van der Waals surface area contributed by atoms with Gasteiger partial charge in [0.25, 0.3) is 6.29 Å². The first kappa shape index (κ1) is 45.0. The molecule has 2 unspecified atom stereocenters. The van der Waals surface area contributed by atoms with Gasteiger partial charge < -0.3 is 28.5 Å². The second kappa shape index (κ2) is 31.3. The number of hydrogen-bond acceptors (Lipinski definition) is 7. The summed E-state index contributed by atoms with van der Waals surface area (Å²) in [5, 5.41) is 9.54. The lowest BCUT2D eigenvalue weighted by Gasteiger charge is -2.25. The Balaban J connectivity index is 4.63. The van der Waals surface area contributed by atoms with Crippen LogP contribution in [-0.4, -0.2) is 87.4 Å². The number of esters is 2. The van der Waals surface area contributed by atoms with Crippen molar-refractivity contribution in [2.45, 2.75) is 123 Å². The number of carboxylic acids is 1. The van der Waals surface area contributed by atoms with Gasteiger partial charge in [-0.25, -0.2) is 4.79 Å². The second-order valence-electron chi connectivity index (χ2n) is 12.8. The minimum Gasteiger partial charge on any atom is -0.477 e. The highest BCUT2D eigenvalue weighted by molar-refractivity contribution is 5.71. The fraction of sp³-hybridized carbons (Fsp3) is 0.667. The summed E-state index contributed by atoms with van der Waals surface area (Å²) in [6.45, 7) is 4.57. The van der Waals surface area contributed by atoms with Crippen LogP contribution in [0.5, 0.6) is 0 Å². The number of quaternary nitrogens is 1. The first-order chi connectivity index (χ1) is 23.1. The molecule has 1 N–H and O–H groups in total. The highest BCUT2D eigenvalue weighted by atomic mass is 16.7. The molecule has 0 radical (unpaired) electrons. The molecule has 9 nitrogen and oxygen atoms in total. The van der Waals surface area contributed by atoms with Crippen LogP contribution in [0.2, 0.25) is 0 Å². The summed E-state index contributed by atoms with van der Waals surface area (Å²) in [5.41, 5.74) is 0. The van der Waals surface area contributed by atoms with Crippen LogP contribution >= 0.6 is 0 Å². The molecule has 0 fully saturated rings. The third-order valence-electron chi connectivity index (χ3n) is 7.04. The number of hydrogen-bond donors (Lipinski definition) is 1. The van der Waals surface area contributed by atoms with Crippen LogP contribution in [0.4, 0.5) is 0 Å². The number of aliphatic carboxylic acids is 1. The number of carboxylic acid groups (broad SMARTS) is 1. The molecule has 9 heteroatoms. The average Bonchev–Trinajstić information content (AvgIpc) is 3.03. The minimum atomic E-state index is -1.52. The maximum absolute atomic E-state index is 12.6. The zero-order chi connectivity index (χ0) is 35.7. The van der Waals surface area contributed by atoms with Crippen LogP contribution in [-0.2, 0) is 33.3 Å². The van der Waals surface area contributed by atoms with Crippen molar-refractivity contribution in [3.05, 3.63) is 60.8 Å². The zero-order valence-corrected chi connectivity index (χ0v) is 30.6. The van der Waals surface area contributed by atoms with Crippen LogP contribution in [0, 0.1) is 0 Å². The number of rotatable bonds is 31. The molecule has 0 aromatic heterocycles. The van der Waals surface area contributed by atoms with Gasteiger partial charge >= 0.3 is 17.9 Å². The van der Waals surface area contributed by atoms with Gasteiger partial charge in [-0.2, -0.15) is 0 Å². The predicted molar refractivity (Wildman–Crippen MR) is 193 cm³/mol. The molecular weight excluding hydrogens is 610 g/mol. The van der Waals surface area contributed by atoms with E-state index in [9.17, 15) is 19.5 Å². The summed E-state index contributed by atoms with van der Waals surface area (Å²) in [6.07, 6.45) is 31.8. The molecular formula is C39H66NO8+. The first-order valence-corrected chi connectivity index (χ1v) is 18.0. The van der Waals surface area contributed by atoms with E-state index in [-0.39, 0.29) is 38.6 Å². The average molecular weight is 677 g/mol. The Kier molecular flexibility index (Phi) is 29.3. The molecule has 0 aliphatic heterocycles. The summed E-state index contributed by atoms with van der Waals surface area (Å²) in [6, 6.07) is 0. The number of carbonyl (C=O) groups excluding carboxylic acids is 2. The molecule has 0 aliphatic rings. The van der Waals surface area contributed by atoms with E-state index in [0.29, 0.717) is 17.4 Å². The standard InChI is InChI=1S/C39H65NO8/c1-6-8-10-12-14-15-16-17-18-19-20-21-22-23-24-26-28-30-37(42)48-35(33-46-36(41)29-27-25-13-11-9-7-2)34-47-39(38(43)44)45-32-31-40(3,4)5/h8,10,14-15,17-18,20-21,23-24,35,39H,6-7,9,11-13,16,19,22,25-34H2,1-5H3/p+1/b10-8-,15-14-,18-17-,21-20-,24-23-. The number of unbranched alkanes of at least 4 members (excludes halogenated alkanes) is 6. The Morgan fingerprint density at radius 2 is 1.19 bits per heavy atom.